The Bertz CT molecular complexity index is 169. The summed E-state index contributed by atoms with van der Waals surface area (Å²) in [7, 11) is 0. The molecular formula is C7H13NO4. The van der Waals surface area contributed by atoms with Gasteiger partial charge in [0.2, 0.25) is 5.91 Å². The molecule has 0 radical (unpaired) electrons. The number of carboxylic acid groups (broad SMARTS) is 1. The van der Waals surface area contributed by atoms with Crippen molar-refractivity contribution in [1.29, 1.82) is 0 Å². The summed E-state index contributed by atoms with van der Waals surface area (Å²) < 4.78 is 0. The van der Waals surface area contributed by atoms with Gasteiger partial charge in [0, 0.05) is 13.5 Å². The Morgan fingerprint density at radius 3 is 2.42 bits per heavy atom. The van der Waals surface area contributed by atoms with E-state index >= 15 is 0 Å². The average molecular weight is 175 g/mol. The molecule has 5 heteroatoms. The Hall–Kier alpha value is -1.10. The summed E-state index contributed by atoms with van der Waals surface area (Å²) in [4.78, 5) is 20.9. The van der Waals surface area contributed by atoms with Crippen LogP contribution in [0.25, 0.3) is 0 Å². The molecule has 0 saturated carbocycles. The Morgan fingerprint density at radius 2 is 2.08 bits per heavy atom. The van der Waals surface area contributed by atoms with Crippen molar-refractivity contribution in [3.8, 4) is 0 Å². The molecule has 0 aliphatic rings. The van der Waals surface area contributed by atoms with E-state index in [2.05, 4.69) is 5.32 Å². The van der Waals surface area contributed by atoms with Crippen molar-refractivity contribution in [1.82, 2.24) is 5.32 Å². The van der Waals surface area contributed by atoms with Crippen molar-refractivity contribution >= 4 is 11.9 Å². The number of carbonyl (C=O) groups is 2. The predicted molar refractivity (Wildman–Crippen MR) is 41.6 cm³/mol. The third-order valence-electron chi connectivity index (χ3n) is 1.33. The first-order valence-corrected chi connectivity index (χ1v) is 3.68. The lowest BCUT2D eigenvalue weighted by atomic mass is 10.1. The molecule has 1 unspecified atom stereocenters. The second kappa shape index (κ2) is 5.54. The minimum atomic E-state index is -1.07. The highest BCUT2D eigenvalue weighted by molar-refractivity contribution is 5.81. The van der Waals surface area contributed by atoms with Crippen molar-refractivity contribution in [2.45, 2.75) is 25.8 Å². The van der Waals surface area contributed by atoms with Gasteiger partial charge in [-0.25, -0.2) is 4.79 Å². The SMILES string of the molecule is CC(=O)NC(CCCO)C(=O)O. The van der Waals surface area contributed by atoms with Crippen molar-refractivity contribution in [2.24, 2.45) is 0 Å². The number of aliphatic hydroxyl groups excluding tert-OH is 1. The van der Waals surface area contributed by atoms with E-state index in [9.17, 15) is 9.59 Å². The van der Waals surface area contributed by atoms with Gasteiger partial charge < -0.3 is 15.5 Å². The van der Waals surface area contributed by atoms with Crippen LogP contribution < -0.4 is 5.32 Å². The summed E-state index contributed by atoms with van der Waals surface area (Å²) in [6, 6.07) is -0.880. The lowest BCUT2D eigenvalue weighted by Crippen LogP contribution is -2.39. The fraction of sp³-hybridized carbons (Fsp3) is 0.714. The molecule has 0 bridgehead atoms. The Kier molecular flexibility index (Phi) is 5.03. The van der Waals surface area contributed by atoms with Crippen molar-refractivity contribution < 1.29 is 19.8 Å². The van der Waals surface area contributed by atoms with E-state index < -0.39 is 12.0 Å². The zero-order valence-corrected chi connectivity index (χ0v) is 6.91. The molecule has 70 valence electrons. The van der Waals surface area contributed by atoms with Crippen LogP contribution in [0.5, 0.6) is 0 Å². The molecule has 1 atom stereocenters. The molecule has 0 heterocycles. The van der Waals surface area contributed by atoms with Crippen molar-refractivity contribution in [2.75, 3.05) is 6.61 Å². The van der Waals surface area contributed by atoms with Crippen LogP contribution in [0.3, 0.4) is 0 Å². The van der Waals surface area contributed by atoms with E-state index in [4.69, 9.17) is 10.2 Å². The van der Waals surface area contributed by atoms with E-state index in [-0.39, 0.29) is 18.9 Å². The van der Waals surface area contributed by atoms with Gasteiger partial charge in [0.1, 0.15) is 6.04 Å². The molecule has 0 aliphatic carbocycles. The Balaban J connectivity index is 3.87. The summed E-state index contributed by atoms with van der Waals surface area (Å²) in [6.45, 7) is 1.19. The van der Waals surface area contributed by atoms with Gasteiger partial charge in [-0.3, -0.25) is 4.79 Å². The van der Waals surface area contributed by atoms with Gasteiger partial charge >= 0.3 is 5.97 Å². The first-order chi connectivity index (χ1) is 5.57. The summed E-state index contributed by atoms with van der Waals surface area (Å²) in [5.41, 5.74) is 0. The zero-order chi connectivity index (χ0) is 9.56. The van der Waals surface area contributed by atoms with E-state index in [1.54, 1.807) is 0 Å². The molecule has 0 aromatic carbocycles. The lowest BCUT2D eigenvalue weighted by Gasteiger charge is -2.11. The van der Waals surface area contributed by atoms with Crippen LogP contribution in [0.1, 0.15) is 19.8 Å². The normalized spacial score (nSPS) is 12.2. The standard InChI is InChI=1S/C7H13NO4/c1-5(10)8-6(7(11)12)3-2-4-9/h6,9H,2-4H2,1H3,(H,8,10)(H,11,12). The maximum atomic E-state index is 10.5. The van der Waals surface area contributed by atoms with Gasteiger partial charge in [-0.1, -0.05) is 0 Å². The van der Waals surface area contributed by atoms with E-state index in [1.165, 1.54) is 6.92 Å². The zero-order valence-electron chi connectivity index (χ0n) is 6.91. The van der Waals surface area contributed by atoms with Crippen LogP contribution in [0.15, 0.2) is 0 Å². The first-order valence-electron chi connectivity index (χ1n) is 3.68. The molecule has 0 rings (SSSR count). The molecule has 0 aromatic rings. The molecular weight excluding hydrogens is 162 g/mol. The summed E-state index contributed by atoms with van der Waals surface area (Å²) in [6.07, 6.45) is 0.628. The van der Waals surface area contributed by atoms with Crippen LogP contribution >= 0.6 is 0 Å². The molecule has 12 heavy (non-hydrogen) atoms. The quantitative estimate of drug-likeness (QED) is 0.518. The van der Waals surface area contributed by atoms with Crippen molar-refractivity contribution in [3.05, 3.63) is 0 Å². The topological polar surface area (TPSA) is 86.6 Å². The van der Waals surface area contributed by atoms with Gasteiger partial charge in [0.15, 0.2) is 0 Å². The molecule has 0 spiro atoms. The number of aliphatic carboxylic acids is 1. The third kappa shape index (κ3) is 4.68. The van der Waals surface area contributed by atoms with E-state index in [0.717, 1.165) is 0 Å². The van der Waals surface area contributed by atoms with Crippen LogP contribution in [0, 0.1) is 0 Å². The maximum Gasteiger partial charge on any atom is 0.326 e. The Morgan fingerprint density at radius 1 is 1.50 bits per heavy atom. The van der Waals surface area contributed by atoms with Gasteiger partial charge in [0.25, 0.3) is 0 Å². The second-order valence-corrected chi connectivity index (χ2v) is 2.46. The summed E-state index contributed by atoms with van der Waals surface area (Å²) >= 11 is 0. The predicted octanol–water partition coefficient (Wildman–Crippen LogP) is -0.652. The van der Waals surface area contributed by atoms with E-state index in [1.807, 2.05) is 0 Å². The van der Waals surface area contributed by atoms with Crippen LogP contribution in [-0.4, -0.2) is 34.7 Å². The molecule has 0 saturated heterocycles. The molecule has 0 aromatic heterocycles. The fourth-order valence-corrected chi connectivity index (χ4v) is 0.798. The van der Waals surface area contributed by atoms with Gasteiger partial charge in [-0.05, 0) is 12.8 Å². The molecule has 3 N–H and O–H groups in total. The summed E-state index contributed by atoms with van der Waals surface area (Å²) in [5.74, 6) is -1.45. The largest absolute Gasteiger partial charge is 0.480 e. The highest BCUT2D eigenvalue weighted by Crippen LogP contribution is 1.96. The number of rotatable bonds is 5. The minimum Gasteiger partial charge on any atom is -0.480 e. The highest BCUT2D eigenvalue weighted by atomic mass is 16.4. The number of aliphatic hydroxyl groups is 1. The van der Waals surface area contributed by atoms with E-state index in [0.29, 0.717) is 6.42 Å². The highest BCUT2D eigenvalue weighted by Gasteiger charge is 2.16. The lowest BCUT2D eigenvalue weighted by molar-refractivity contribution is -0.141. The smallest absolute Gasteiger partial charge is 0.326 e. The number of hydrogen-bond acceptors (Lipinski definition) is 3. The number of carboxylic acids is 1. The molecule has 1 amide bonds. The van der Waals surface area contributed by atoms with Gasteiger partial charge in [0.05, 0.1) is 0 Å². The average Bonchev–Trinajstić information content (AvgIpc) is 1.96. The molecule has 0 aliphatic heterocycles. The first kappa shape index (κ1) is 10.9. The third-order valence-corrected chi connectivity index (χ3v) is 1.33. The van der Waals surface area contributed by atoms with Crippen LogP contribution in [0.2, 0.25) is 0 Å². The number of hydrogen-bond donors (Lipinski definition) is 3. The number of carbonyl (C=O) groups excluding carboxylic acids is 1. The van der Waals surface area contributed by atoms with Crippen LogP contribution in [-0.2, 0) is 9.59 Å². The second-order valence-electron chi connectivity index (χ2n) is 2.46. The van der Waals surface area contributed by atoms with Crippen LogP contribution in [0.4, 0.5) is 0 Å². The molecule has 5 nitrogen and oxygen atoms in total. The Labute approximate surface area is 70.4 Å². The summed E-state index contributed by atoms with van der Waals surface area (Å²) in [5, 5.41) is 19.2. The number of nitrogens with one attached hydrogen (secondary N) is 1. The monoisotopic (exact) mass is 175 g/mol. The number of amides is 1. The minimum absolute atomic E-state index is 0.0661. The van der Waals surface area contributed by atoms with Crippen molar-refractivity contribution in [3.63, 3.8) is 0 Å². The van der Waals surface area contributed by atoms with Gasteiger partial charge in [-0.15, -0.1) is 0 Å². The fourth-order valence-electron chi connectivity index (χ4n) is 0.798. The molecule has 0 fully saturated rings. The van der Waals surface area contributed by atoms with Gasteiger partial charge in [-0.2, -0.15) is 0 Å². The maximum absolute atomic E-state index is 10.5.